The molecule has 0 aliphatic heterocycles. The van der Waals surface area contributed by atoms with Crippen LogP contribution < -0.4 is 14.8 Å². The quantitative estimate of drug-likeness (QED) is 0.911. The second-order valence-corrected chi connectivity index (χ2v) is 4.75. The number of halogens is 1. The third kappa shape index (κ3) is 3.59. The standard InChI is InChI=1S/C16H15ClN2O2/c1-20-15-6-3-11(9-18)7-12(15)10-19-13-4-5-14(17)16(8-13)21-2/h3-8,19H,10H2,1-2H3. The monoisotopic (exact) mass is 302 g/mol. The molecule has 21 heavy (non-hydrogen) atoms. The molecule has 0 radical (unpaired) electrons. The van der Waals surface area contributed by atoms with Crippen molar-refractivity contribution in [3.63, 3.8) is 0 Å². The number of anilines is 1. The first kappa shape index (κ1) is 15.0. The molecule has 2 aromatic carbocycles. The van der Waals surface area contributed by atoms with Crippen molar-refractivity contribution < 1.29 is 9.47 Å². The van der Waals surface area contributed by atoms with Crippen molar-refractivity contribution in [3.8, 4) is 17.6 Å². The predicted octanol–water partition coefficient (Wildman–Crippen LogP) is 3.84. The molecule has 0 aliphatic carbocycles. The Bertz CT molecular complexity index is 680. The van der Waals surface area contributed by atoms with E-state index in [0.717, 1.165) is 17.0 Å². The summed E-state index contributed by atoms with van der Waals surface area (Å²) in [6, 6.07) is 12.9. The lowest BCUT2D eigenvalue weighted by atomic mass is 10.1. The van der Waals surface area contributed by atoms with Gasteiger partial charge in [0, 0.05) is 23.9 Å². The molecular formula is C16H15ClN2O2. The molecule has 0 heterocycles. The molecule has 108 valence electrons. The van der Waals surface area contributed by atoms with Crippen LogP contribution in [0.2, 0.25) is 5.02 Å². The number of methoxy groups -OCH3 is 2. The van der Waals surface area contributed by atoms with Crippen LogP contribution in [0.15, 0.2) is 36.4 Å². The van der Waals surface area contributed by atoms with Crippen molar-refractivity contribution in [2.45, 2.75) is 6.54 Å². The molecule has 4 nitrogen and oxygen atoms in total. The van der Waals surface area contributed by atoms with E-state index in [1.54, 1.807) is 38.5 Å². The summed E-state index contributed by atoms with van der Waals surface area (Å²) >= 11 is 5.99. The van der Waals surface area contributed by atoms with E-state index in [0.29, 0.717) is 22.9 Å². The molecule has 0 atom stereocenters. The lowest BCUT2D eigenvalue weighted by Crippen LogP contribution is -2.02. The van der Waals surface area contributed by atoms with E-state index < -0.39 is 0 Å². The van der Waals surface area contributed by atoms with Crippen LogP contribution in [-0.4, -0.2) is 14.2 Å². The minimum absolute atomic E-state index is 0.531. The Kier molecular flexibility index (Phi) is 4.91. The number of ether oxygens (including phenoxy) is 2. The highest BCUT2D eigenvalue weighted by molar-refractivity contribution is 6.32. The molecular weight excluding hydrogens is 288 g/mol. The van der Waals surface area contributed by atoms with Crippen LogP contribution in [0.1, 0.15) is 11.1 Å². The van der Waals surface area contributed by atoms with Gasteiger partial charge in [0.15, 0.2) is 0 Å². The zero-order valence-electron chi connectivity index (χ0n) is 11.8. The lowest BCUT2D eigenvalue weighted by Gasteiger charge is -2.12. The number of nitrogens with one attached hydrogen (secondary N) is 1. The van der Waals surface area contributed by atoms with Gasteiger partial charge < -0.3 is 14.8 Å². The van der Waals surface area contributed by atoms with Gasteiger partial charge in [0.25, 0.3) is 0 Å². The Morgan fingerprint density at radius 3 is 2.52 bits per heavy atom. The maximum Gasteiger partial charge on any atom is 0.139 e. The summed E-state index contributed by atoms with van der Waals surface area (Å²) in [5.41, 5.74) is 2.38. The van der Waals surface area contributed by atoms with Crippen LogP contribution in [-0.2, 0) is 6.54 Å². The summed E-state index contributed by atoms with van der Waals surface area (Å²) in [6.07, 6.45) is 0. The van der Waals surface area contributed by atoms with Gasteiger partial charge in [0.2, 0.25) is 0 Å². The van der Waals surface area contributed by atoms with Crippen LogP contribution in [0.25, 0.3) is 0 Å². The van der Waals surface area contributed by atoms with Gasteiger partial charge >= 0.3 is 0 Å². The molecule has 1 N–H and O–H groups in total. The maximum atomic E-state index is 8.97. The molecule has 0 fully saturated rings. The number of benzene rings is 2. The highest BCUT2D eigenvalue weighted by atomic mass is 35.5. The summed E-state index contributed by atoms with van der Waals surface area (Å²) in [5.74, 6) is 1.35. The van der Waals surface area contributed by atoms with Crippen LogP contribution in [0.5, 0.6) is 11.5 Å². The van der Waals surface area contributed by atoms with Crippen LogP contribution in [0.4, 0.5) is 5.69 Å². The van der Waals surface area contributed by atoms with E-state index in [-0.39, 0.29) is 0 Å². The predicted molar refractivity (Wildman–Crippen MR) is 83.0 cm³/mol. The van der Waals surface area contributed by atoms with Gasteiger partial charge in [-0.05, 0) is 30.3 Å². The summed E-state index contributed by atoms with van der Waals surface area (Å²) in [7, 11) is 3.18. The number of nitrogens with zero attached hydrogens (tertiary/aromatic N) is 1. The fourth-order valence-corrected chi connectivity index (χ4v) is 2.15. The summed E-state index contributed by atoms with van der Waals surface area (Å²) in [5, 5.41) is 12.8. The van der Waals surface area contributed by atoms with Crippen molar-refractivity contribution in [3.05, 3.63) is 52.5 Å². The fourth-order valence-electron chi connectivity index (χ4n) is 1.95. The van der Waals surface area contributed by atoms with Gasteiger partial charge in [-0.3, -0.25) is 0 Å². The van der Waals surface area contributed by atoms with Crippen molar-refractivity contribution in [1.82, 2.24) is 0 Å². The van der Waals surface area contributed by atoms with Gasteiger partial charge in [0.05, 0.1) is 30.9 Å². The first-order valence-electron chi connectivity index (χ1n) is 6.32. The molecule has 2 aromatic rings. The first-order chi connectivity index (χ1) is 10.2. The van der Waals surface area contributed by atoms with Crippen molar-refractivity contribution >= 4 is 17.3 Å². The molecule has 0 saturated carbocycles. The second-order valence-electron chi connectivity index (χ2n) is 4.34. The first-order valence-corrected chi connectivity index (χ1v) is 6.70. The Morgan fingerprint density at radius 2 is 1.86 bits per heavy atom. The topological polar surface area (TPSA) is 54.3 Å². The van der Waals surface area contributed by atoms with E-state index in [1.165, 1.54) is 0 Å². The minimum Gasteiger partial charge on any atom is -0.496 e. The number of nitriles is 1. The molecule has 0 bridgehead atoms. The molecule has 2 rings (SSSR count). The molecule has 0 aromatic heterocycles. The highest BCUT2D eigenvalue weighted by Crippen LogP contribution is 2.28. The second kappa shape index (κ2) is 6.87. The largest absolute Gasteiger partial charge is 0.496 e. The van der Waals surface area contributed by atoms with E-state index >= 15 is 0 Å². The highest BCUT2D eigenvalue weighted by Gasteiger charge is 2.06. The van der Waals surface area contributed by atoms with Crippen molar-refractivity contribution in [1.29, 1.82) is 5.26 Å². The van der Waals surface area contributed by atoms with Gasteiger partial charge in [-0.1, -0.05) is 11.6 Å². The van der Waals surface area contributed by atoms with E-state index in [4.69, 9.17) is 26.3 Å². The van der Waals surface area contributed by atoms with Crippen LogP contribution in [0.3, 0.4) is 0 Å². The molecule has 0 aliphatic rings. The summed E-state index contributed by atoms with van der Waals surface area (Å²) in [6.45, 7) is 0.531. The lowest BCUT2D eigenvalue weighted by molar-refractivity contribution is 0.410. The van der Waals surface area contributed by atoms with Gasteiger partial charge in [0.1, 0.15) is 11.5 Å². The third-order valence-corrected chi connectivity index (χ3v) is 3.36. The molecule has 0 amide bonds. The van der Waals surface area contributed by atoms with Crippen molar-refractivity contribution in [2.24, 2.45) is 0 Å². The van der Waals surface area contributed by atoms with E-state index in [2.05, 4.69) is 11.4 Å². The SMILES string of the molecule is COc1cc(NCc2cc(C#N)ccc2OC)ccc1Cl. The van der Waals surface area contributed by atoms with Gasteiger partial charge in [-0.2, -0.15) is 5.26 Å². The zero-order chi connectivity index (χ0) is 15.2. The van der Waals surface area contributed by atoms with E-state index in [1.807, 2.05) is 12.1 Å². The zero-order valence-corrected chi connectivity index (χ0v) is 12.6. The van der Waals surface area contributed by atoms with Gasteiger partial charge in [-0.15, -0.1) is 0 Å². The molecule has 0 unspecified atom stereocenters. The Balaban J connectivity index is 2.18. The van der Waals surface area contributed by atoms with E-state index in [9.17, 15) is 0 Å². The summed E-state index contributed by atoms with van der Waals surface area (Å²) in [4.78, 5) is 0. The Hall–Kier alpha value is -2.38. The normalized spacial score (nSPS) is 9.81. The molecule has 0 spiro atoms. The maximum absolute atomic E-state index is 8.97. The number of hydrogen-bond donors (Lipinski definition) is 1. The average Bonchev–Trinajstić information content (AvgIpc) is 2.53. The van der Waals surface area contributed by atoms with Gasteiger partial charge in [-0.25, -0.2) is 0 Å². The summed E-state index contributed by atoms with van der Waals surface area (Å²) < 4.78 is 10.5. The van der Waals surface area contributed by atoms with Crippen LogP contribution >= 0.6 is 11.6 Å². The smallest absolute Gasteiger partial charge is 0.139 e. The number of rotatable bonds is 5. The average molecular weight is 303 g/mol. The minimum atomic E-state index is 0.531. The molecule has 5 heteroatoms. The third-order valence-electron chi connectivity index (χ3n) is 3.04. The van der Waals surface area contributed by atoms with Crippen molar-refractivity contribution in [2.75, 3.05) is 19.5 Å². The van der Waals surface area contributed by atoms with Crippen LogP contribution in [0, 0.1) is 11.3 Å². The molecule has 0 saturated heterocycles. The fraction of sp³-hybridized carbons (Fsp3) is 0.188. The Morgan fingerprint density at radius 1 is 1.10 bits per heavy atom. The Labute approximate surface area is 128 Å². The number of hydrogen-bond acceptors (Lipinski definition) is 4.